The van der Waals surface area contributed by atoms with Gasteiger partial charge < -0.3 is 15.6 Å². The molecule has 0 radical (unpaired) electrons. The number of fused-ring (bicyclic) bond motifs is 1. The van der Waals surface area contributed by atoms with Crippen molar-refractivity contribution in [3.63, 3.8) is 0 Å². The third-order valence-corrected chi connectivity index (χ3v) is 5.79. The van der Waals surface area contributed by atoms with Crippen LogP contribution in [0.25, 0.3) is 11.0 Å². The number of aromatic amines is 1. The average Bonchev–Trinajstić information content (AvgIpc) is 3.06. The molecule has 0 bridgehead atoms. The summed E-state index contributed by atoms with van der Waals surface area (Å²) in [5.41, 5.74) is 7.65. The molecule has 5 nitrogen and oxygen atoms in total. The van der Waals surface area contributed by atoms with Gasteiger partial charge in [-0.05, 0) is 63.7 Å². The van der Waals surface area contributed by atoms with Gasteiger partial charge in [0.25, 0.3) is 5.91 Å². The first kappa shape index (κ1) is 15.6. The Hall–Kier alpha value is -1.88. The summed E-state index contributed by atoms with van der Waals surface area (Å²) in [6.45, 7) is 2.56. The van der Waals surface area contributed by atoms with Crippen molar-refractivity contribution in [1.29, 1.82) is 0 Å². The van der Waals surface area contributed by atoms with Crippen molar-refractivity contribution in [2.75, 3.05) is 13.1 Å². The Morgan fingerprint density at radius 3 is 2.58 bits per heavy atom. The number of hydrogen-bond donors (Lipinski definition) is 2. The van der Waals surface area contributed by atoms with Gasteiger partial charge in [-0.3, -0.25) is 4.79 Å². The number of aromatic nitrogens is 2. The maximum atomic E-state index is 11.6. The van der Waals surface area contributed by atoms with Gasteiger partial charge in [-0.15, -0.1) is 0 Å². The Kier molecular flexibility index (Phi) is 4.27. The average molecular weight is 326 g/mol. The van der Waals surface area contributed by atoms with Gasteiger partial charge in [0.2, 0.25) is 0 Å². The standard InChI is InChI=1S/C19H26N4O/c20-18(24)15-5-4-6-16-17(15)22-19(21-16)13-7-9-14(10-8-13)23-11-2-1-3-12-23/h4-6,13-14H,1-3,7-12H2,(H2,20,24)(H,21,22)/t13-,14+. The molecule has 0 atom stereocenters. The van der Waals surface area contributed by atoms with Gasteiger partial charge in [-0.25, -0.2) is 4.98 Å². The quantitative estimate of drug-likeness (QED) is 0.909. The molecule has 1 amide bonds. The Morgan fingerprint density at radius 2 is 1.88 bits per heavy atom. The molecule has 2 aliphatic rings. The monoisotopic (exact) mass is 326 g/mol. The number of H-pyrrole nitrogens is 1. The molecule has 0 spiro atoms. The first-order chi connectivity index (χ1) is 11.7. The highest BCUT2D eigenvalue weighted by Gasteiger charge is 2.29. The normalized spacial score (nSPS) is 25.8. The lowest BCUT2D eigenvalue weighted by Crippen LogP contribution is -2.41. The maximum Gasteiger partial charge on any atom is 0.250 e. The van der Waals surface area contributed by atoms with E-state index in [0.29, 0.717) is 11.5 Å². The summed E-state index contributed by atoms with van der Waals surface area (Å²) in [5.74, 6) is 1.10. The maximum absolute atomic E-state index is 11.6. The first-order valence-electron chi connectivity index (χ1n) is 9.25. The van der Waals surface area contributed by atoms with Crippen molar-refractivity contribution in [2.45, 2.75) is 56.9 Å². The molecular weight excluding hydrogens is 300 g/mol. The number of primary amides is 1. The van der Waals surface area contributed by atoms with Gasteiger partial charge in [0, 0.05) is 12.0 Å². The number of rotatable bonds is 3. The summed E-state index contributed by atoms with van der Waals surface area (Å²) in [6.07, 6.45) is 8.97. The summed E-state index contributed by atoms with van der Waals surface area (Å²) < 4.78 is 0. The van der Waals surface area contributed by atoms with Gasteiger partial charge in [0.1, 0.15) is 5.82 Å². The number of para-hydroxylation sites is 1. The Labute approximate surface area is 142 Å². The van der Waals surface area contributed by atoms with Crippen LogP contribution in [-0.2, 0) is 0 Å². The molecule has 1 aliphatic heterocycles. The number of nitrogens with one attached hydrogen (secondary N) is 1. The molecule has 1 aliphatic carbocycles. The lowest BCUT2D eigenvalue weighted by molar-refractivity contribution is 0.100. The summed E-state index contributed by atoms with van der Waals surface area (Å²) in [4.78, 5) is 22.4. The summed E-state index contributed by atoms with van der Waals surface area (Å²) in [7, 11) is 0. The molecule has 5 heteroatoms. The van der Waals surface area contributed by atoms with E-state index in [1.807, 2.05) is 12.1 Å². The van der Waals surface area contributed by atoms with Crippen molar-refractivity contribution < 1.29 is 4.79 Å². The number of piperidine rings is 1. The molecule has 1 aromatic carbocycles. The first-order valence-corrected chi connectivity index (χ1v) is 9.25. The zero-order valence-corrected chi connectivity index (χ0v) is 14.1. The van der Waals surface area contributed by atoms with Gasteiger partial charge in [-0.2, -0.15) is 0 Å². The van der Waals surface area contributed by atoms with E-state index in [0.717, 1.165) is 22.9 Å². The number of carbonyl (C=O) groups is 1. The summed E-state index contributed by atoms with van der Waals surface area (Å²) >= 11 is 0. The van der Waals surface area contributed by atoms with Crippen LogP contribution in [-0.4, -0.2) is 39.9 Å². The second-order valence-corrected chi connectivity index (χ2v) is 7.29. The Bertz CT molecular complexity index is 724. The largest absolute Gasteiger partial charge is 0.366 e. The van der Waals surface area contributed by atoms with Crippen LogP contribution in [0.3, 0.4) is 0 Å². The van der Waals surface area contributed by atoms with Crippen molar-refractivity contribution in [1.82, 2.24) is 14.9 Å². The SMILES string of the molecule is NC(=O)c1cccc2nc([C@H]3CC[C@@H](N4CCCCC4)CC3)[nH]c12. The van der Waals surface area contributed by atoms with Gasteiger partial charge >= 0.3 is 0 Å². The number of nitrogens with zero attached hydrogens (tertiary/aromatic N) is 2. The number of imidazole rings is 1. The number of hydrogen-bond acceptors (Lipinski definition) is 3. The van der Waals surface area contributed by atoms with Crippen LogP contribution in [0, 0.1) is 0 Å². The fourth-order valence-corrected chi connectivity index (χ4v) is 4.45. The highest BCUT2D eigenvalue weighted by molar-refractivity contribution is 6.04. The van der Waals surface area contributed by atoms with E-state index in [-0.39, 0.29) is 0 Å². The molecule has 3 N–H and O–H groups in total. The van der Waals surface area contributed by atoms with Crippen molar-refractivity contribution in [3.05, 3.63) is 29.6 Å². The molecule has 2 fully saturated rings. The zero-order valence-electron chi connectivity index (χ0n) is 14.1. The topological polar surface area (TPSA) is 75.0 Å². The van der Waals surface area contributed by atoms with Crippen molar-refractivity contribution >= 4 is 16.9 Å². The van der Waals surface area contributed by atoms with E-state index in [2.05, 4.69) is 9.88 Å². The smallest absolute Gasteiger partial charge is 0.250 e. The molecule has 1 aromatic heterocycles. The van der Waals surface area contributed by atoms with Crippen molar-refractivity contribution in [3.8, 4) is 0 Å². The molecule has 1 saturated heterocycles. The Morgan fingerprint density at radius 1 is 1.12 bits per heavy atom. The minimum absolute atomic E-state index is 0.399. The van der Waals surface area contributed by atoms with Crippen LogP contribution < -0.4 is 5.73 Å². The van der Waals surface area contributed by atoms with E-state index in [9.17, 15) is 4.79 Å². The minimum Gasteiger partial charge on any atom is -0.366 e. The number of amides is 1. The van der Waals surface area contributed by atoms with Crippen LogP contribution in [0.2, 0.25) is 0 Å². The lowest BCUT2D eigenvalue weighted by Gasteiger charge is -2.38. The molecule has 4 rings (SSSR count). The molecule has 24 heavy (non-hydrogen) atoms. The summed E-state index contributed by atoms with van der Waals surface area (Å²) in [5, 5.41) is 0. The van der Waals surface area contributed by atoms with Crippen LogP contribution >= 0.6 is 0 Å². The Balaban J connectivity index is 1.48. The molecule has 0 unspecified atom stereocenters. The highest BCUT2D eigenvalue weighted by atomic mass is 16.1. The van der Waals surface area contributed by atoms with E-state index in [4.69, 9.17) is 10.7 Å². The van der Waals surface area contributed by atoms with Crippen LogP contribution in [0.1, 0.15) is 67.0 Å². The van der Waals surface area contributed by atoms with Crippen LogP contribution in [0.5, 0.6) is 0 Å². The number of carbonyl (C=O) groups excluding carboxylic acids is 1. The van der Waals surface area contributed by atoms with E-state index < -0.39 is 5.91 Å². The fraction of sp³-hybridized carbons (Fsp3) is 0.579. The van der Waals surface area contributed by atoms with Crippen LogP contribution in [0.15, 0.2) is 18.2 Å². The number of benzene rings is 1. The second kappa shape index (κ2) is 6.55. The van der Waals surface area contributed by atoms with Crippen molar-refractivity contribution in [2.24, 2.45) is 5.73 Å². The van der Waals surface area contributed by atoms with Crippen LogP contribution in [0.4, 0.5) is 0 Å². The predicted octanol–water partition coefficient (Wildman–Crippen LogP) is 3.17. The summed E-state index contributed by atoms with van der Waals surface area (Å²) in [6, 6.07) is 6.31. The second-order valence-electron chi connectivity index (χ2n) is 7.29. The zero-order chi connectivity index (χ0) is 16.5. The van der Waals surface area contributed by atoms with Gasteiger partial charge in [-0.1, -0.05) is 12.5 Å². The van der Waals surface area contributed by atoms with Gasteiger partial charge in [0.15, 0.2) is 0 Å². The third kappa shape index (κ3) is 2.93. The highest BCUT2D eigenvalue weighted by Crippen LogP contribution is 2.35. The molecule has 1 saturated carbocycles. The molecule has 2 aromatic rings. The van der Waals surface area contributed by atoms with E-state index >= 15 is 0 Å². The number of likely N-dealkylation sites (tertiary alicyclic amines) is 1. The lowest BCUT2D eigenvalue weighted by atomic mass is 9.84. The minimum atomic E-state index is -0.399. The molecular formula is C19H26N4O. The van der Waals surface area contributed by atoms with E-state index in [1.54, 1.807) is 6.07 Å². The predicted molar refractivity (Wildman–Crippen MR) is 95.0 cm³/mol. The van der Waals surface area contributed by atoms with Gasteiger partial charge in [0.05, 0.1) is 16.6 Å². The fourth-order valence-electron chi connectivity index (χ4n) is 4.45. The number of nitrogens with two attached hydrogens (primary N) is 1. The molecule has 128 valence electrons. The third-order valence-electron chi connectivity index (χ3n) is 5.79. The molecule has 2 heterocycles. The van der Waals surface area contributed by atoms with E-state index in [1.165, 1.54) is 58.0 Å².